The summed E-state index contributed by atoms with van der Waals surface area (Å²) < 4.78 is 24.5. The molecule has 12 heteroatoms. The van der Waals surface area contributed by atoms with Gasteiger partial charge < -0.3 is 29.6 Å². The maximum atomic E-state index is 12.7. The molecule has 1 fully saturated rings. The minimum absolute atomic E-state index is 0.0828. The van der Waals surface area contributed by atoms with E-state index in [2.05, 4.69) is 32.7 Å². The Hall–Kier alpha value is -5.98. The topological polar surface area (TPSA) is 130 Å². The normalized spacial score (nSPS) is 14.6. The number of hydrogen-bond acceptors (Lipinski definition) is 10. The van der Waals surface area contributed by atoms with Gasteiger partial charge in [-0.3, -0.25) is 18.4 Å². The highest BCUT2D eigenvalue weighted by atomic mass is 16.5. The summed E-state index contributed by atoms with van der Waals surface area (Å²) in [4.78, 5) is 34.8. The maximum absolute atomic E-state index is 12.7. The molecule has 1 saturated heterocycles. The first kappa shape index (κ1) is 36.4. The molecule has 6 heterocycles. The second-order valence-electron chi connectivity index (χ2n) is 13.1. The van der Waals surface area contributed by atoms with Gasteiger partial charge in [0.1, 0.15) is 11.3 Å². The number of methoxy groups -OCH3 is 4. The van der Waals surface area contributed by atoms with Gasteiger partial charge in [0.05, 0.1) is 39.8 Å². The minimum atomic E-state index is -0.110. The zero-order chi connectivity index (χ0) is 37.6. The lowest BCUT2D eigenvalue weighted by atomic mass is 9.91. The minimum Gasteiger partial charge on any atom is -0.493 e. The van der Waals surface area contributed by atoms with Crippen molar-refractivity contribution in [2.24, 2.45) is 0 Å². The van der Waals surface area contributed by atoms with Crippen LogP contribution < -0.4 is 40.7 Å². The number of pyridine rings is 2. The lowest BCUT2D eigenvalue weighted by Gasteiger charge is -2.23. The standard InChI is InChI=1S/C21H23N3O3.C21H21N3O3/c2*1-26-18-5-3-15(11-19(18)27-2)17-12-21(25)24-13-16(4-6-20(24)23-17)14-7-9-22-10-8-14/h3-6,11-14,22H,7-10H2,1-2H3;3-7,11-13,22H,8-10H2,1-2H3. The van der Waals surface area contributed by atoms with Crippen LogP contribution in [0.25, 0.3) is 39.4 Å². The fourth-order valence-corrected chi connectivity index (χ4v) is 6.98. The quantitative estimate of drug-likeness (QED) is 0.204. The first-order valence-corrected chi connectivity index (χ1v) is 18.0. The summed E-state index contributed by atoms with van der Waals surface area (Å²) in [5, 5.41) is 6.68. The molecule has 2 aliphatic heterocycles. The molecule has 0 radical (unpaired) electrons. The van der Waals surface area contributed by atoms with Gasteiger partial charge in [-0.2, -0.15) is 0 Å². The van der Waals surface area contributed by atoms with Crippen molar-refractivity contribution in [3.8, 4) is 45.5 Å². The number of hydrogen-bond donors (Lipinski definition) is 2. The number of nitrogens with zero attached hydrogens (tertiary/aromatic N) is 4. The molecule has 278 valence electrons. The van der Waals surface area contributed by atoms with Crippen molar-refractivity contribution in [1.29, 1.82) is 0 Å². The summed E-state index contributed by atoms with van der Waals surface area (Å²) in [5.74, 6) is 2.99. The van der Waals surface area contributed by atoms with Gasteiger partial charge in [-0.05, 0) is 116 Å². The largest absolute Gasteiger partial charge is 0.493 e. The Kier molecular flexibility index (Phi) is 11.0. The van der Waals surface area contributed by atoms with E-state index in [1.807, 2.05) is 67.0 Å². The van der Waals surface area contributed by atoms with Crippen molar-refractivity contribution < 1.29 is 18.9 Å². The lowest BCUT2D eigenvalue weighted by molar-refractivity contribution is 0.355. The number of piperidine rings is 1. The average molecular weight is 729 g/mol. The Morgan fingerprint density at radius 2 is 1.13 bits per heavy atom. The second kappa shape index (κ2) is 16.4. The predicted octanol–water partition coefficient (Wildman–Crippen LogP) is 5.60. The highest BCUT2D eigenvalue weighted by Crippen LogP contribution is 2.33. The zero-order valence-electron chi connectivity index (χ0n) is 30.9. The summed E-state index contributed by atoms with van der Waals surface area (Å²) in [7, 11) is 6.36. The van der Waals surface area contributed by atoms with Crippen LogP contribution in [0.15, 0.2) is 101 Å². The van der Waals surface area contributed by atoms with Gasteiger partial charge in [0.15, 0.2) is 23.0 Å². The van der Waals surface area contributed by atoms with E-state index >= 15 is 0 Å². The van der Waals surface area contributed by atoms with Gasteiger partial charge in [-0.1, -0.05) is 12.1 Å². The van der Waals surface area contributed by atoms with E-state index in [9.17, 15) is 9.59 Å². The van der Waals surface area contributed by atoms with Crippen molar-refractivity contribution in [3.05, 3.63) is 123 Å². The van der Waals surface area contributed by atoms with Crippen molar-refractivity contribution in [1.82, 2.24) is 29.4 Å². The SMILES string of the molecule is COc1ccc(-c2cc(=O)n3cc(C4=CCNCC4)ccc3n2)cc1OC.COc1ccc(-c2cc(=O)n3cc(C4CCNCC4)ccc3n2)cc1OC. The Morgan fingerprint density at radius 3 is 1.67 bits per heavy atom. The monoisotopic (exact) mass is 728 g/mol. The summed E-state index contributed by atoms with van der Waals surface area (Å²) in [5.41, 5.74) is 7.43. The molecule has 0 aliphatic carbocycles. The van der Waals surface area contributed by atoms with Crippen LogP contribution in [0.1, 0.15) is 36.3 Å². The van der Waals surface area contributed by atoms with E-state index in [1.54, 1.807) is 49.4 Å². The van der Waals surface area contributed by atoms with Crippen LogP contribution in [-0.2, 0) is 0 Å². The van der Waals surface area contributed by atoms with Gasteiger partial charge >= 0.3 is 0 Å². The fourth-order valence-electron chi connectivity index (χ4n) is 6.98. The summed E-state index contributed by atoms with van der Waals surface area (Å²) >= 11 is 0. The summed E-state index contributed by atoms with van der Waals surface area (Å²) in [6, 6.07) is 22.1. The van der Waals surface area contributed by atoms with Crippen LogP contribution >= 0.6 is 0 Å². The second-order valence-corrected chi connectivity index (χ2v) is 13.1. The van der Waals surface area contributed by atoms with E-state index in [4.69, 9.17) is 18.9 Å². The molecule has 0 atom stereocenters. The Labute approximate surface area is 313 Å². The molecule has 8 rings (SSSR count). The van der Waals surface area contributed by atoms with Gasteiger partial charge in [0, 0.05) is 42.2 Å². The van der Waals surface area contributed by atoms with Crippen LogP contribution in [-0.4, -0.2) is 73.4 Å². The van der Waals surface area contributed by atoms with Gasteiger partial charge in [-0.25, -0.2) is 9.97 Å². The molecule has 0 saturated carbocycles. The van der Waals surface area contributed by atoms with Crippen molar-refractivity contribution in [2.45, 2.75) is 25.2 Å². The highest BCUT2D eigenvalue weighted by Gasteiger charge is 2.17. The third kappa shape index (κ3) is 7.71. The number of rotatable bonds is 8. The number of aromatic nitrogens is 4. The van der Waals surface area contributed by atoms with E-state index in [1.165, 1.54) is 11.1 Å². The van der Waals surface area contributed by atoms with E-state index < -0.39 is 0 Å². The van der Waals surface area contributed by atoms with E-state index in [-0.39, 0.29) is 11.1 Å². The highest BCUT2D eigenvalue weighted by molar-refractivity contribution is 5.69. The summed E-state index contributed by atoms with van der Waals surface area (Å²) in [6.45, 7) is 3.86. The molecular formula is C42H44N6O6. The molecule has 0 amide bonds. The average Bonchev–Trinajstić information content (AvgIpc) is 3.23. The van der Waals surface area contributed by atoms with Crippen molar-refractivity contribution in [3.63, 3.8) is 0 Å². The number of nitrogens with one attached hydrogen (secondary N) is 2. The van der Waals surface area contributed by atoms with Crippen LogP contribution in [0.5, 0.6) is 23.0 Å². The van der Waals surface area contributed by atoms with Crippen molar-refractivity contribution in [2.75, 3.05) is 54.6 Å². The predicted molar refractivity (Wildman–Crippen MR) is 210 cm³/mol. The van der Waals surface area contributed by atoms with Crippen LogP contribution in [0.4, 0.5) is 0 Å². The lowest BCUT2D eigenvalue weighted by Crippen LogP contribution is -2.27. The third-order valence-corrected chi connectivity index (χ3v) is 9.95. The molecule has 2 N–H and O–H groups in total. The van der Waals surface area contributed by atoms with E-state index in [0.29, 0.717) is 51.6 Å². The Bertz CT molecular complexity index is 2450. The molecule has 0 unspecified atom stereocenters. The fraction of sp³-hybridized carbons (Fsp3) is 0.286. The first-order valence-electron chi connectivity index (χ1n) is 18.0. The zero-order valence-corrected chi connectivity index (χ0v) is 30.9. The van der Waals surface area contributed by atoms with E-state index in [0.717, 1.165) is 62.1 Å². The summed E-state index contributed by atoms with van der Waals surface area (Å²) in [6.07, 6.45) is 9.13. The van der Waals surface area contributed by atoms with Crippen LogP contribution in [0, 0.1) is 0 Å². The van der Waals surface area contributed by atoms with Crippen LogP contribution in [0.2, 0.25) is 0 Å². The first-order chi connectivity index (χ1) is 26.4. The molecule has 2 aromatic carbocycles. The Morgan fingerprint density at radius 1 is 0.593 bits per heavy atom. The van der Waals surface area contributed by atoms with Crippen LogP contribution in [0.3, 0.4) is 0 Å². The number of benzene rings is 2. The third-order valence-electron chi connectivity index (χ3n) is 9.95. The molecule has 0 spiro atoms. The molecule has 0 bridgehead atoms. The van der Waals surface area contributed by atoms with Gasteiger partial charge in [0.2, 0.25) is 0 Å². The molecule has 4 aromatic heterocycles. The molecule has 6 aromatic rings. The molecule has 2 aliphatic rings. The number of ether oxygens (including phenoxy) is 4. The maximum Gasteiger partial charge on any atom is 0.258 e. The molecule has 54 heavy (non-hydrogen) atoms. The molecular weight excluding hydrogens is 684 g/mol. The smallest absolute Gasteiger partial charge is 0.258 e. The number of fused-ring (bicyclic) bond motifs is 2. The Balaban J connectivity index is 0.000000167. The van der Waals surface area contributed by atoms with Gasteiger partial charge in [-0.15, -0.1) is 0 Å². The molecule has 12 nitrogen and oxygen atoms in total. The van der Waals surface area contributed by atoms with Gasteiger partial charge in [0.25, 0.3) is 11.1 Å². The van der Waals surface area contributed by atoms with Crippen molar-refractivity contribution >= 4 is 16.9 Å².